The quantitative estimate of drug-likeness (QED) is 0.557. The van der Waals surface area contributed by atoms with E-state index in [1.165, 1.54) is 23.9 Å². The Bertz CT molecular complexity index is 818. The fraction of sp³-hybridized carbons (Fsp3) is 0.350. The predicted octanol–water partition coefficient (Wildman–Crippen LogP) is 4.24. The van der Waals surface area contributed by atoms with Crippen LogP contribution in [0.1, 0.15) is 23.2 Å². The van der Waals surface area contributed by atoms with Crippen LogP contribution in [-0.4, -0.2) is 42.4 Å². The molecule has 1 unspecified atom stereocenters. The highest BCUT2D eigenvalue weighted by molar-refractivity contribution is 7.99. The number of piperidine rings is 1. The van der Waals surface area contributed by atoms with Gasteiger partial charge in [0.05, 0.1) is 10.5 Å². The topological polar surface area (TPSA) is 75.5 Å². The van der Waals surface area contributed by atoms with Crippen LogP contribution < -0.4 is 5.32 Å². The van der Waals surface area contributed by atoms with E-state index >= 15 is 0 Å². The lowest BCUT2D eigenvalue weighted by atomic mass is 9.97. The first-order valence-corrected chi connectivity index (χ1v) is 9.85. The average molecular weight is 422 g/mol. The molecule has 1 fully saturated rings. The maximum Gasteiger partial charge on any atom is 0.270 e. The molecule has 1 N–H and O–H groups in total. The second-order valence-corrected chi connectivity index (χ2v) is 7.79. The maximum absolute atomic E-state index is 13.2. The van der Waals surface area contributed by atoms with E-state index in [9.17, 15) is 14.9 Å². The van der Waals surface area contributed by atoms with Gasteiger partial charge in [-0.25, -0.2) is 0 Å². The maximum atomic E-state index is 13.2. The number of rotatable bonds is 6. The summed E-state index contributed by atoms with van der Waals surface area (Å²) in [6, 6.07) is 14.3. The van der Waals surface area contributed by atoms with E-state index in [0.717, 1.165) is 29.2 Å². The third-order valence-corrected chi connectivity index (χ3v) is 5.76. The zero-order valence-corrected chi connectivity index (χ0v) is 17.3. The number of carbonyl (C=O) groups excluding carboxylic acids is 1. The Morgan fingerprint density at radius 3 is 2.71 bits per heavy atom. The number of likely N-dealkylation sites (tertiary alicyclic amines) is 1. The molecule has 1 saturated heterocycles. The number of amides is 1. The van der Waals surface area contributed by atoms with Crippen molar-refractivity contribution in [3.05, 3.63) is 64.2 Å². The minimum absolute atomic E-state index is 0. The number of benzene rings is 2. The van der Waals surface area contributed by atoms with E-state index in [4.69, 9.17) is 0 Å². The summed E-state index contributed by atoms with van der Waals surface area (Å²) in [5.41, 5.74) is 0.350. The standard InChI is InChI=1S/C20H23N3O3S.ClH/c1-21-13-15-6-5-11-22(14-15)20(24)18-12-16(23(25)26)9-10-19(18)27-17-7-3-2-4-8-17;/h2-4,7-10,12,15,21H,5-6,11,13-14H2,1H3;1H. The largest absolute Gasteiger partial charge is 0.338 e. The number of nitro groups is 1. The van der Waals surface area contributed by atoms with Gasteiger partial charge in [0.15, 0.2) is 0 Å². The molecule has 2 aromatic rings. The first kappa shape index (κ1) is 22.2. The van der Waals surface area contributed by atoms with Crippen LogP contribution in [0, 0.1) is 16.0 Å². The molecule has 0 aliphatic carbocycles. The molecule has 1 aliphatic rings. The Kier molecular flexibility index (Phi) is 8.29. The van der Waals surface area contributed by atoms with Gasteiger partial charge in [-0.05, 0) is 50.6 Å². The van der Waals surface area contributed by atoms with Gasteiger partial charge in [-0.2, -0.15) is 0 Å². The van der Waals surface area contributed by atoms with Crippen molar-refractivity contribution in [1.29, 1.82) is 0 Å². The van der Waals surface area contributed by atoms with Gasteiger partial charge in [-0.15, -0.1) is 12.4 Å². The van der Waals surface area contributed by atoms with Gasteiger partial charge in [0.2, 0.25) is 0 Å². The number of carbonyl (C=O) groups is 1. The van der Waals surface area contributed by atoms with Crippen molar-refractivity contribution in [1.82, 2.24) is 10.2 Å². The normalized spacial score (nSPS) is 16.3. The van der Waals surface area contributed by atoms with Gasteiger partial charge in [0.25, 0.3) is 11.6 Å². The summed E-state index contributed by atoms with van der Waals surface area (Å²) < 4.78 is 0. The summed E-state index contributed by atoms with van der Waals surface area (Å²) in [6.45, 7) is 2.24. The van der Waals surface area contributed by atoms with E-state index in [2.05, 4.69) is 5.32 Å². The molecule has 1 aliphatic heterocycles. The van der Waals surface area contributed by atoms with Crippen LogP contribution in [0.3, 0.4) is 0 Å². The van der Waals surface area contributed by atoms with Crippen molar-refractivity contribution in [3.8, 4) is 0 Å². The number of nitrogens with one attached hydrogen (secondary N) is 1. The lowest BCUT2D eigenvalue weighted by Gasteiger charge is -2.33. The summed E-state index contributed by atoms with van der Waals surface area (Å²) in [5.74, 6) is 0.287. The lowest BCUT2D eigenvalue weighted by Crippen LogP contribution is -2.42. The molecule has 28 heavy (non-hydrogen) atoms. The minimum Gasteiger partial charge on any atom is -0.338 e. The molecular weight excluding hydrogens is 398 g/mol. The summed E-state index contributed by atoms with van der Waals surface area (Å²) >= 11 is 1.46. The number of halogens is 1. The number of hydrogen-bond donors (Lipinski definition) is 1. The number of non-ortho nitro benzene ring substituents is 1. The van der Waals surface area contributed by atoms with Crippen molar-refractivity contribution in [3.63, 3.8) is 0 Å². The minimum atomic E-state index is -0.451. The summed E-state index contributed by atoms with van der Waals surface area (Å²) in [5, 5.41) is 14.4. The van der Waals surface area contributed by atoms with E-state index in [-0.39, 0.29) is 24.0 Å². The fourth-order valence-electron chi connectivity index (χ4n) is 3.38. The van der Waals surface area contributed by atoms with E-state index in [0.29, 0.717) is 24.6 Å². The van der Waals surface area contributed by atoms with Crippen molar-refractivity contribution in [2.75, 3.05) is 26.7 Å². The van der Waals surface area contributed by atoms with Crippen LogP contribution >= 0.6 is 24.2 Å². The number of nitro benzene ring substituents is 1. The van der Waals surface area contributed by atoms with Crippen LogP contribution in [0.25, 0.3) is 0 Å². The Hall–Kier alpha value is -2.09. The molecule has 3 rings (SSSR count). The van der Waals surface area contributed by atoms with Crippen molar-refractivity contribution in [2.24, 2.45) is 5.92 Å². The van der Waals surface area contributed by atoms with Crippen LogP contribution in [0.5, 0.6) is 0 Å². The predicted molar refractivity (Wildman–Crippen MR) is 113 cm³/mol. The highest BCUT2D eigenvalue weighted by atomic mass is 35.5. The first-order chi connectivity index (χ1) is 13.1. The Balaban J connectivity index is 0.00000280. The Labute approximate surface area is 175 Å². The molecule has 1 heterocycles. The van der Waals surface area contributed by atoms with Gasteiger partial charge in [-0.3, -0.25) is 14.9 Å². The molecule has 0 aromatic heterocycles. The summed E-state index contributed by atoms with van der Waals surface area (Å²) in [4.78, 5) is 27.5. The van der Waals surface area contributed by atoms with E-state index in [1.54, 1.807) is 6.07 Å². The van der Waals surface area contributed by atoms with Crippen LogP contribution in [0.2, 0.25) is 0 Å². The van der Waals surface area contributed by atoms with Gasteiger partial charge >= 0.3 is 0 Å². The SMILES string of the molecule is CNCC1CCCN(C(=O)c2cc([N+](=O)[O-])ccc2Sc2ccccc2)C1.Cl. The van der Waals surface area contributed by atoms with E-state index < -0.39 is 4.92 Å². The third-order valence-electron chi connectivity index (χ3n) is 4.67. The van der Waals surface area contributed by atoms with Crippen molar-refractivity contribution < 1.29 is 9.72 Å². The smallest absolute Gasteiger partial charge is 0.270 e. The summed E-state index contributed by atoms with van der Waals surface area (Å²) in [7, 11) is 1.91. The fourth-order valence-corrected chi connectivity index (χ4v) is 4.32. The van der Waals surface area contributed by atoms with E-state index in [1.807, 2.05) is 42.3 Å². The molecule has 0 bridgehead atoms. The molecule has 0 radical (unpaired) electrons. The molecule has 150 valence electrons. The Morgan fingerprint density at radius 1 is 1.29 bits per heavy atom. The van der Waals surface area contributed by atoms with Crippen molar-refractivity contribution >= 4 is 35.8 Å². The van der Waals surface area contributed by atoms with Crippen LogP contribution in [-0.2, 0) is 0 Å². The Morgan fingerprint density at radius 2 is 2.04 bits per heavy atom. The van der Waals surface area contributed by atoms with Crippen LogP contribution in [0.15, 0.2) is 58.3 Å². The molecule has 6 nitrogen and oxygen atoms in total. The average Bonchev–Trinajstić information content (AvgIpc) is 2.69. The zero-order chi connectivity index (χ0) is 19.2. The number of nitrogens with zero attached hydrogens (tertiary/aromatic N) is 2. The molecule has 0 saturated carbocycles. The molecule has 1 atom stereocenters. The molecule has 2 aromatic carbocycles. The second-order valence-electron chi connectivity index (χ2n) is 6.67. The zero-order valence-electron chi connectivity index (χ0n) is 15.7. The highest BCUT2D eigenvalue weighted by Crippen LogP contribution is 2.33. The van der Waals surface area contributed by atoms with Gasteiger partial charge < -0.3 is 10.2 Å². The molecule has 0 spiro atoms. The third kappa shape index (κ3) is 5.47. The number of hydrogen-bond acceptors (Lipinski definition) is 5. The monoisotopic (exact) mass is 421 g/mol. The first-order valence-electron chi connectivity index (χ1n) is 9.03. The lowest BCUT2D eigenvalue weighted by molar-refractivity contribution is -0.384. The van der Waals surface area contributed by atoms with Crippen LogP contribution in [0.4, 0.5) is 5.69 Å². The van der Waals surface area contributed by atoms with Gasteiger partial charge in [0.1, 0.15) is 0 Å². The molecule has 1 amide bonds. The summed E-state index contributed by atoms with van der Waals surface area (Å²) in [6.07, 6.45) is 2.04. The van der Waals surface area contributed by atoms with Crippen molar-refractivity contribution in [2.45, 2.75) is 22.6 Å². The van der Waals surface area contributed by atoms with Gasteiger partial charge in [-0.1, -0.05) is 30.0 Å². The van der Waals surface area contributed by atoms with Gasteiger partial charge in [0, 0.05) is 35.0 Å². The highest BCUT2D eigenvalue weighted by Gasteiger charge is 2.27. The molecule has 8 heteroatoms. The molecular formula is C20H24ClN3O3S. The second kappa shape index (κ2) is 10.5.